The number of hydrogen-bond donors (Lipinski definition) is 2. The lowest BCUT2D eigenvalue weighted by molar-refractivity contribution is 0.376. The summed E-state index contributed by atoms with van der Waals surface area (Å²) in [6.45, 7) is 1.89. The third-order valence-corrected chi connectivity index (χ3v) is 2.35. The van der Waals surface area contributed by atoms with Crippen molar-refractivity contribution in [3.8, 4) is 5.75 Å². The Morgan fingerprint density at radius 1 is 1.41 bits per heavy atom. The highest BCUT2D eigenvalue weighted by Crippen LogP contribution is 2.18. The second-order valence-electron chi connectivity index (χ2n) is 4.09. The highest BCUT2D eigenvalue weighted by molar-refractivity contribution is 5.33. The van der Waals surface area contributed by atoms with Gasteiger partial charge in [0.1, 0.15) is 5.75 Å². The van der Waals surface area contributed by atoms with Crippen LogP contribution in [0, 0.1) is 0 Å². The molecule has 0 spiro atoms. The second-order valence-corrected chi connectivity index (χ2v) is 4.09. The quantitative estimate of drug-likeness (QED) is 0.830. The Balaban J connectivity index is 2.09. The van der Waals surface area contributed by atoms with E-state index in [9.17, 15) is 5.11 Å². The number of nitrogens with two attached hydrogens (primary N) is 1. The number of hydrogen-bond acceptors (Lipinski definition) is 5. The maximum absolute atomic E-state index is 9.61. The molecular formula is C12H15N3O2. The number of para-hydroxylation sites is 1. The molecule has 1 aromatic heterocycles. The van der Waals surface area contributed by atoms with Gasteiger partial charge in [-0.1, -0.05) is 23.4 Å². The fourth-order valence-corrected chi connectivity index (χ4v) is 1.56. The van der Waals surface area contributed by atoms with Crippen molar-refractivity contribution in [2.45, 2.75) is 25.8 Å². The summed E-state index contributed by atoms with van der Waals surface area (Å²) in [7, 11) is 0. The molecule has 0 saturated carbocycles. The number of phenolic OH excluding ortho intramolecular Hbond substituents is 1. The van der Waals surface area contributed by atoms with E-state index in [4.69, 9.17) is 10.3 Å². The molecule has 0 aliphatic heterocycles. The number of nitrogens with zero attached hydrogens (tertiary/aromatic N) is 2. The van der Waals surface area contributed by atoms with Crippen molar-refractivity contribution in [1.82, 2.24) is 10.1 Å². The molecule has 5 nitrogen and oxygen atoms in total. The van der Waals surface area contributed by atoms with Gasteiger partial charge in [-0.15, -0.1) is 0 Å². The number of aromatic hydroxyl groups is 1. The van der Waals surface area contributed by atoms with Gasteiger partial charge in [-0.05, 0) is 13.0 Å². The fourth-order valence-electron chi connectivity index (χ4n) is 1.56. The van der Waals surface area contributed by atoms with Gasteiger partial charge < -0.3 is 15.4 Å². The molecule has 2 rings (SSSR count). The number of aromatic nitrogens is 2. The van der Waals surface area contributed by atoms with Crippen LogP contribution in [0.5, 0.6) is 5.75 Å². The summed E-state index contributed by atoms with van der Waals surface area (Å²) in [6.07, 6.45) is 1.02. The summed E-state index contributed by atoms with van der Waals surface area (Å²) in [5.74, 6) is 1.33. The van der Waals surface area contributed by atoms with E-state index in [1.54, 1.807) is 12.1 Å². The molecular weight excluding hydrogens is 218 g/mol. The Hall–Kier alpha value is -1.88. The topological polar surface area (TPSA) is 85.2 Å². The standard InChI is InChI=1S/C12H15N3O2/c1-8(13)6-11-14-12(17-15-11)7-9-4-2-3-5-10(9)16/h2-5,8,16H,6-7,13H2,1H3. The lowest BCUT2D eigenvalue weighted by atomic mass is 10.1. The molecule has 0 saturated heterocycles. The van der Waals surface area contributed by atoms with Gasteiger partial charge in [-0.2, -0.15) is 4.98 Å². The van der Waals surface area contributed by atoms with Crippen molar-refractivity contribution >= 4 is 0 Å². The highest BCUT2D eigenvalue weighted by atomic mass is 16.5. The Kier molecular flexibility index (Phi) is 3.39. The van der Waals surface area contributed by atoms with Gasteiger partial charge in [-0.3, -0.25) is 0 Å². The molecule has 0 radical (unpaired) electrons. The highest BCUT2D eigenvalue weighted by Gasteiger charge is 2.10. The van der Waals surface area contributed by atoms with Gasteiger partial charge in [0, 0.05) is 18.0 Å². The summed E-state index contributed by atoms with van der Waals surface area (Å²) >= 11 is 0. The van der Waals surface area contributed by atoms with Crippen molar-refractivity contribution in [3.63, 3.8) is 0 Å². The molecule has 2 aromatic rings. The van der Waals surface area contributed by atoms with Crippen molar-refractivity contribution in [3.05, 3.63) is 41.5 Å². The third kappa shape index (κ3) is 3.04. The molecule has 90 valence electrons. The van der Waals surface area contributed by atoms with Crippen LogP contribution in [0.15, 0.2) is 28.8 Å². The predicted molar refractivity (Wildman–Crippen MR) is 62.6 cm³/mol. The van der Waals surface area contributed by atoms with E-state index in [1.165, 1.54) is 0 Å². The Morgan fingerprint density at radius 3 is 2.88 bits per heavy atom. The zero-order chi connectivity index (χ0) is 12.3. The summed E-state index contributed by atoms with van der Waals surface area (Å²) in [5, 5.41) is 13.4. The lowest BCUT2D eigenvalue weighted by Crippen LogP contribution is -2.18. The third-order valence-electron chi connectivity index (χ3n) is 2.35. The molecule has 1 atom stereocenters. The van der Waals surface area contributed by atoms with Crippen molar-refractivity contribution < 1.29 is 9.63 Å². The first-order valence-corrected chi connectivity index (χ1v) is 5.49. The van der Waals surface area contributed by atoms with E-state index in [0.29, 0.717) is 24.6 Å². The molecule has 17 heavy (non-hydrogen) atoms. The van der Waals surface area contributed by atoms with Gasteiger partial charge >= 0.3 is 0 Å². The van der Waals surface area contributed by atoms with Gasteiger partial charge in [0.15, 0.2) is 5.82 Å². The SMILES string of the molecule is CC(N)Cc1noc(Cc2ccccc2O)n1. The zero-order valence-corrected chi connectivity index (χ0v) is 9.63. The van der Waals surface area contributed by atoms with Crippen LogP contribution < -0.4 is 5.73 Å². The van der Waals surface area contributed by atoms with Gasteiger partial charge in [0.2, 0.25) is 5.89 Å². The maximum atomic E-state index is 9.61. The molecule has 0 bridgehead atoms. The molecule has 1 heterocycles. The smallest absolute Gasteiger partial charge is 0.231 e. The van der Waals surface area contributed by atoms with Crippen LogP contribution in [0.2, 0.25) is 0 Å². The average Bonchev–Trinajstić information content (AvgIpc) is 2.68. The minimum absolute atomic E-state index is 0.00516. The van der Waals surface area contributed by atoms with Crippen LogP contribution in [-0.2, 0) is 12.8 Å². The van der Waals surface area contributed by atoms with E-state index in [2.05, 4.69) is 10.1 Å². The van der Waals surface area contributed by atoms with Crippen LogP contribution >= 0.6 is 0 Å². The van der Waals surface area contributed by atoms with Crippen LogP contribution in [-0.4, -0.2) is 21.3 Å². The largest absolute Gasteiger partial charge is 0.508 e. The van der Waals surface area contributed by atoms with Crippen LogP contribution in [0.1, 0.15) is 24.2 Å². The number of benzene rings is 1. The van der Waals surface area contributed by atoms with E-state index in [-0.39, 0.29) is 11.8 Å². The molecule has 0 aliphatic carbocycles. The lowest BCUT2D eigenvalue weighted by Gasteiger charge is -1.99. The van der Waals surface area contributed by atoms with Crippen LogP contribution in [0.4, 0.5) is 0 Å². The summed E-state index contributed by atoms with van der Waals surface area (Å²) in [4.78, 5) is 4.22. The first-order chi connectivity index (χ1) is 8.15. The van der Waals surface area contributed by atoms with Crippen molar-refractivity contribution in [1.29, 1.82) is 0 Å². The Labute approximate surface area is 99.3 Å². The molecule has 1 aromatic carbocycles. The van der Waals surface area contributed by atoms with Gasteiger partial charge in [-0.25, -0.2) is 0 Å². The summed E-state index contributed by atoms with van der Waals surface area (Å²) in [5.41, 5.74) is 6.42. The summed E-state index contributed by atoms with van der Waals surface area (Å²) < 4.78 is 5.10. The van der Waals surface area contributed by atoms with E-state index < -0.39 is 0 Å². The fraction of sp³-hybridized carbons (Fsp3) is 0.333. The first kappa shape index (κ1) is 11.6. The number of rotatable bonds is 4. The predicted octanol–water partition coefficient (Wildman–Crippen LogP) is 1.26. The molecule has 0 fully saturated rings. The second kappa shape index (κ2) is 4.97. The van der Waals surface area contributed by atoms with E-state index in [0.717, 1.165) is 5.56 Å². The van der Waals surface area contributed by atoms with Crippen molar-refractivity contribution in [2.24, 2.45) is 5.73 Å². The Bertz CT molecular complexity index is 494. The van der Waals surface area contributed by atoms with Crippen LogP contribution in [0.25, 0.3) is 0 Å². The maximum Gasteiger partial charge on any atom is 0.231 e. The monoisotopic (exact) mass is 233 g/mol. The summed E-state index contributed by atoms with van der Waals surface area (Å²) in [6, 6.07) is 7.09. The molecule has 0 amide bonds. The minimum Gasteiger partial charge on any atom is -0.508 e. The molecule has 1 unspecified atom stereocenters. The molecule has 0 aliphatic rings. The number of phenols is 1. The van der Waals surface area contributed by atoms with E-state index in [1.807, 2.05) is 19.1 Å². The van der Waals surface area contributed by atoms with Crippen LogP contribution in [0.3, 0.4) is 0 Å². The Morgan fingerprint density at radius 2 is 2.18 bits per heavy atom. The van der Waals surface area contributed by atoms with Gasteiger partial charge in [0.25, 0.3) is 0 Å². The van der Waals surface area contributed by atoms with Gasteiger partial charge in [0.05, 0.1) is 6.42 Å². The molecule has 5 heteroatoms. The minimum atomic E-state index is 0.00516. The first-order valence-electron chi connectivity index (χ1n) is 5.49. The van der Waals surface area contributed by atoms with Crippen molar-refractivity contribution in [2.75, 3.05) is 0 Å². The molecule has 3 N–H and O–H groups in total. The average molecular weight is 233 g/mol. The zero-order valence-electron chi connectivity index (χ0n) is 9.63. The normalized spacial score (nSPS) is 12.6. The van der Waals surface area contributed by atoms with E-state index >= 15 is 0 Å².